The molecule has 0 bridgehead atoms. The number of halogens is 4. The van der Waals surface area contributed by atoms with Crippen LogP contribution in [0.25, 0.3) is 0 Å². The molecule has 5 heteroatoms. The third-order valence-electron chi connectivity index (χ3n) is 6.80. The second-order valence-electron chi connectivity index (χ2n) is 8.59. The molecule has 1 aliphatic carbocycles. The van der Waals surface area contributed by atoms with Gasteiger partial charge in [0, 0.05) is 5.92 Å². The molecule has 0 radical (unpaired) electrons. The van der Waals surface area contributed by atoms with Crippen molar-refractivity contribution in [3.63, 3.8) is 0 Å². The van der Waals surface area contributed by atoms with Gasteiger partial charge in [-0.3, -0.25) is 0 Å². The van der Waals surface area contributed by atoms with Gasteiger partial charge in [0.05, 0.1) is 18.3 Å². The lowest BCUT2D eigenvalue weighted by Gasteiger charge is -2.38. The zero-order chi connectivity index (χ0) is 20.3. The van der Waals surface area contributed by atoms with Gasteiger partial charge in [0.2, 0.25) is 0 Å². The Morgan fingerprint density at radius 3 is 2.25 bits per heavy atom. The summed E-state index contributed by atoms with van der Waals surface area (Å²) in [6, 6.07) is 3.01. The Morgan fingerprint density at radius 1 is 1.00 bits per heavy atom. The van der Waals surface area contributed by atoms with Crippen LogP contribution in [0.4, 0.5) is 17.6 Å². The molecule has 1 saturated heterocycles. The summed E-state index contributed by atoms with van der Waals surface area (Å²) >= 11 is 0. The first-order valence-corrected chi connectivity index (χ1v) is 10.8. The van der Waals surface area contributed by atoms with Gasteiger partial charge < -0.3 is 4.74 Å². The molecule has 0 aromatic heterocycles. The Hall–Kier alpha value is -1.10. The van der Waals surface area contributed by atoms with Crippen LogP contribution in [0.1, 0.15) is 87.8 Å². The fourth-order valence-electron chi connectivity index (χ4n) is 5.08. The first-order valence-electron chi connectivity index (χ1n) is 10.8. The van der Waals surface area contributed by atoms with Crippen LogP contribution in [-0.2, 0) is 17.3 Å². The second kappa shape index (κ2) is 9.15. The third kappa shape index (κ3) is 4.72. The van der Waals surface area contributed by atoms with Crippen LogP contribution in [0.2, 0.25) is 0 Å². The minimum Gasteiger partial charge on any atom is -0.377 e. The molecule has 1 aromatic rings. The van der Waals surface area contributed by atoms with E-state index in [0.29, 0.717) is 25.2 Å². The maximum Gasteiger partial charge on any atom is 0.419 e. The van der Waals surface area contributed by atoms with Gasteiger partial charge >= 0.3 is 6.18 Å². The first kappa shape index (κ1) is 21.6. The maximum absolute atomic E-state index is 14.6. The highest BCUT2D eigenvalue weighted by molar-refractivity contribution is 5.39. The molecule has 158 valence electrons. The van der Waals surface area contributed by atoms with E-state index in [2.05, 4.69) is 6.92 Å². The van der Waals surface area contributed by atoms with Crippen molar-refractivity contribution in [2.45, 2.75) is 89.8 Å². The summed E-state index contributed by atoms with van der Waals surface area (Å²) < 4.78 is 61.6. The van der Waals surface area contributed by atoms with Gasteiger partial charge in [-0.1, -0.05) is 51.7 Å². The van der Waals surface area contributed by atoms with Crippen LogP contribution in [0.5, 0.6) is 0 Å². The molecule has 0 spiro atoms. The van der Waals surface area contributed by atoms with E-state index < -0.39 is 17.6 Å². The minimum atomic E-state index is -4.68. The topological polar surface area (TPSA) is 9.23 Å². The lowest BCUT2D eigenvalue weighted by molar-refractivity contribution is -0.141. The van der Waals surface area contributed by atoms with Crippen LogP contribution in [0, 0.1) is 17.7 Å². The number of alkyl halides is 3. The van der Waals surface area contributed by atoms with Crippen LogP contribution >= 0.6 is 0 Å². The van der Waals surface area contributed by atoms with Crippen LogP contribution in [0.15, 0.2) is 12.1 Å². The number of hydrogen-bond acceptors (Lipinski definition) is 1. The van der Waals surface area contributed by atoms with Gasteiger partial charge in [0.15, 0.2) is 0 Å². The summed E-state index contributed by atoms with van der Waals surface area (Å²) in [5.41, 5.74) is -0.854. The predicted octanol–water partition coefficient (Wildman–Crippen LogP) is 7.28. The highest BCUT2D eigenvalue weighted by Gasteiger charge is 2.41. The SMILES string of the molecule is CCCc1ccc(C2CCC(C3CCC(CC)CC3)OC2)c(C(F)(F)F)c1F. The molecule has 1 aliphatic heterocycles. The molecule has 3 rings (SSSR count). The Bertz CT molecular complexity index is 639. The van der Waals surface area contributed by atoms with Crippen molar-refractivity contribution in [2.75, 3.05) is 6.61 Å². The molecule has 2 unspecified atom stereocenters. The van der Waals surface area contributed by atoms with Crippen molar-refractivity contribution >= 4 is 0 Å². The van der Waals surface area contributed by atoms with Gasteiger partial charge in [0.25, 0.3) is 0 Å². The van der Waals surface area contributed by atoms with Gasteiger partial charge in [-0.15, -0.1) is 0 Å². The molecule has 2 atom stereocenters. The molecule has 1 heterocycles. The van der Waals surface area contributed by atoms with Gasteiger partial charge in [-0.2, -0.15) is 13.2 Å². The lowest BCUT2D eigenvalue weighted by atomic mass is 9.76. The summed E-state index contributed by atoms with van der Waals surface area (Å²) in [6.07, 6.45) is 3.78. The Morgan fingerprint density at radius 2 is 1.71 bits per heavy atom. The van der Waals surface area contributed by atoms with E-state index in [0.717, 1.165) is 25.2 Å². The molecule has 1 saturated carbocycles. The highest BCUT2D eigenvalue weighted by Crippen LogP contribution is 2.43. The predicted molar refractivity (Wildman–Crippen MR) is 103 cm³/mol. The summed E-state index contributed by atoms with van der Waals surface area (Å²) in [5.74, 6) is -0.141. The van der Waals surface area contributed by atoms with E-state index in [4.69, 9.17) is 4.74 Å². The van der Waals surface area contributed by atoms with Gasteiger partial charge in [0.1, 0.15) is 5.82 Å². The number of benzene rings is 1. The van der Waals surface area contributed by atoms with Crippen molar-refractivity contribution in [2.24, 2.45) is 11.8 Å². The van der Waals surface area contributed by atoms with E-state index in [1.165, 1.54) is 31.4 Å². The molecule has 1 aromatic carbocycles. The maximum atomic E-state index is 14.6. The molecule has 2 fully saturated rings. The quantitative estimate of drug-likeness (QED) is 0.472. The largest absolute Gasteiger partial charge is 0.419 e. The van der Waals surface area contributed by atoms with Gasteiger partial charge in [-0.25, -0.2) is 4.39 Å². The van der Waals surface area contributed by atoms with E-state index in [-0.39, 0.29) is 29.8 Å². The number of ether oxygens (including phenoxy) is 1. The summed E-state index contributed by atoms with van der Waals surface area (Å²) in [4.78, 5) is 0. The van der Waals surface area contributed by atoms with E-state index in [1.807, 2.05) is 6.92 Å². The summed E-state index contributed by atoms with van der Waals surface area (Å²) in [7, 11) is 0. The smallest absolute Gasteiger partial charge is 0.377 e. The second-order valence-corrected chi connectivity index (χ2v) is 8.59. The minimum absolute atomic E-state index is 0.0676. The van der Waals surface area contributed by atoms with Crippen molar-refractivity contribution in [3.8, 4) is 0 Å². The number of hydrogen-bond donors (Lipinski definition) is 0. The lowest BCUT2D eigenvalue weighted by Crippen LogP contribution is -2.34. The Labute approximate surface area is 165 Å². The number of rotatable bonds is 5. The van der Waals surface area contributed by atoms with E-state index in [9.17, 15) is 17.6 Å². The zero-order valence-corrected chi connectivity index (χ0v) is 17.0. The molecule has 1 nitrogen and oxygen atoms in total. The standard InChI is InChI=1S/C23H32F4O/c1-3-5-17-10-12-19(21(22(17)24)23(25,26)27)18-11-13-20(28-14-18)16-8-6-15(4-2)7-9-16/h10,12,15-16,18,20H,3-9,11,13-14H2,1-2H3. The van der Waals surface area contributed by atoms with Crippen molar-refractivity contribution in [1.82, 2.24) is 0 Å². The zero-order valence-electron chi connectivity index (χ0n) is 17.0. The van der Waals surface area contributed by atoms with E-state index in [1.54, 1.807) is 0 Å². The fraction of sp³-hybridized carbons (Fsp3) is 0.739. The number of aryl methyl sites for hydroxylation is 1. The Kier molecular flexibility index (Phi) is 7.06. The van der Waals surface area contributed by atoms with Gasteiger partial charge in [-0.05, 0) is 55.1 Å². The molecular weight excluding hydrogens is 368 g/mol. The summed E-state index contributed by atoms with van der Waals surface area (Å²) in [5, 5.41) is 0. The van der Waals surface area contributed by atoms with Crippen molar-refractivity contribution < 1.29 is 22.3 Å². The molecule has 28 heavy (non-hydrogen) atoms. The summed E-state index contributed by atoms with van der Waals surface area (Å²) in [6.45, 7) is 4.33. The van der Waals surface area contributed by atoms with Crippen molar-refractivity contribution in [3.05, 3.63) is 34.6 Å². The fourth-order valence-corrected chi connectivity index (χ4v) is 5.08. The Balaban J connectivity index is 1.71. The van der Waals surface area contributed by atoms with E-state index >= 15 is 0 Å². The molecular formula is C23H32F4O. The van der Waals surface area contributed by atoms with Crippen LogP contribution in [-0.4, -0.2) is 12.7 Å². The molecule has 2 aliphatic rings. The highest BCUT2D eigenvalue weighted by atomic mass is 19.4. The van der Waals surface area contributed by atoms with Crippen molar-refractivity contribution in [1.29, 1.82) is 0 Å². The average Bonchev–Trinajstić information content (AvgIpc) is 2.69. The molecule has 0 N–H and O–H groups in total. The average molecular weight is 401 g/mol. The van der Waals surface area contributed by atoms with Crippen LogP contribution in [0.3, 0.4) is 0 Å². The molecule has 0 amide bonds. The van der Waals surface area contributed by atoms with Crippen LogP contribution < -0.4 is 0 Å². The third-order valence-corrected chi connectivity index (χ3v) is 6.80. The monoisotopic (exact) mass is 400 g/mol. The normalized spacial score (nSPS) is 29.1. The first-order chi connectivity index (χ1) is 13.3.